The van der Waals surface area contributed by atoms with E-state index >= 15 is 0 Å². The Kier molecular flexibility index (Phi) is 7.37. The molecule has 0 spiro atoms. The molecule has 0 atom stereocenters. The van der Waals surface area contributed by atoms with Crippen LogP contribution in [0.25, 0.3) is 0 Å². The van der Waals surface area contributed by atoms with Crippen molar-refractivity contribution in [3.63, 3.8) is 0 Å². The zero-order chi connectivity index (χ0) is 24.5. The third kappa shape index (κ3) is 5.37. The lowest BCUT2D eigenvalue weighted by Crippen LogP contribution is -2.38. The van der Waals surface area contributed by atoms with Crippen molar-refractivity contribution in [2.24, 2.45) is 0 Å². The van der Waals surface area contributed by atoms with Gasteiger partial charge in [0.05, 0.1) is 24.6 Å². The number of nitrogens with zero attached hydrogens (tertiary/aromatic N) is 2. The number of benzene rings is 2. The van der Waals surface area contributed by atoms with Gasteiger partial charge < -0.3 is 14.4 Å². The quantitative estimate of drug-likeness (QED) is 0.384. The van der Waals surface area contributed by atoms with Crippen molar-refractivity contribution < 1.29 is 23.0 Å². The molecule has 0 unspecified atom stereocenters. The zero-order valence-electron chi connectivity index (χ0n) is 18.6. The molecule has 5 rings (SSSR count). The number of rotatable bonds is 4. The molecule has 0 aliphatic carbocycles. The van der Waals surface area contributed by atoms with Crippen LogP contribution >= 0.6 is 34.5 Å². The number of amides is 1. The molecule has 0 saturated carbocycles. The number of hydrogen-bond donors (Lipinski definition) is 0. The molecule has 3 heterocycles. The van der Waals surface area contributed by atoms with Crippen molar-refractivity contribution >= 4 is 40.4 Å². The van der Waals surface area contributed by atoms with Gasteiger partial charge in [-0.2, -0.15) is 0 Å². The fourth-order valence-corrected chi connectivity index (χ4v) is 5.78. The molecule has 0 N–H and O–H groups in total. The van der Waals surface area contributed by atoms with E-state index in [-0.39, 0.29) is 42.6 Å². The minimum atomic E-state index is -0.796. The van der Waals surface area contributed by atoms with E-state index in [0.29, 0.717) is 28.8 Å². The minimum absolute atomic E-state index is 0.0201. The van der Waals surface area contributed by atoms with Gasteiger partial charge in [0.1, 0.15) is 17.3 Å². The minimum Gasteiger partial charge on any atom is -0.342 e. The summed E-state index contributed by atoms with van der Waals surface area (Å²) in [6.07, 6.45) is 0.994. The second-order valence-electron chi connectivity index (χ2n) is 8.62. The van der Waals surface area contributed by atoms with Gasteiger partial charge in [0.15, 0.2) is 0 Å². The molecular formula is C25H22Cl2F2N2O3S. The molecule has 2 aliphatic heterocycles. The van der Waals surface area contributed by atoms with E-state index < -0.39 is 17.9 Å². The molecule has 1 amide bonds. The summed E-state index contributed by atoms with van der Waals surface area (Å²) in [5.74, 6) is -0.788. The summed E-state index contributed by atoms with van der Waals surface area (Å²) in [6, 6.07) is 7.32. The summed E-state index contributed by atoms with van der Waals surface area (Å²) < 4.78 is 39.6. The number of thiazole rings is 1. The van der Waals surface area contributed by atoms with E-state index in [2.05, 4.69) is 0 Å². The van der Waals surface area contributed by atoms with Crippen molar-refractivity contribution in [1.82, 2.24) is 9.88 Å². The van der Waals surface area contributed by atoms with E-state index in [1.807, 2.05) is 10.3 Å². The first kappa shape index (κ1) is 24.6. The largest absolute Gasteiger partial charge is 0.342 e. The zero-order valence-corrected chi connectivity index (χ0v) is 20.9. The maximum absolute atomic E-state index is 14.1. The topological polar surface area (TPSA) is 51.7 Å². The molecule has 1 saturated heterocycles. The lowest BCUT2D eigenvalue weighted by atomic mass is 9.97. The van der Waals surface area contributed by atoms with Crippen molar-refractivity contribution in [3.05, 3.63) is 84.8 Å². The molecule has 184 valence electrons. The van der Waals surface area contributed by atoms with Crippen LogP contribution < -0.4 is 0 Å². The van der Waals surface area contributed by atoms with Gasteiger partial charge in [0.25, 0.3) is 0 Å². The standard InChI is InChI=1S/C25H22Cl2F2N2O3S/c26-16-1-2-19(27)15(9-16)10-23(32)31-7-5-14(6-8-31)24-30-22(13-35-24)25-33-11-17-18(12-34-25)21(29)4-3-20(17)28/h1-4,9,13-14,25H,5-8,10-12H2. The summed E-state index contributed by atoms with van der Waals surface area (Å²) >= 11 is 13.8. The van der Waals surface area contributed by atoms with Gasteiger partial charge >= 0.3 is 0 Å². The fraction of sp³-hybridized carbons (Fsp3) is 0.360. The van der Waals surface area contributed by atoms with E-state index in [0.717, 1.165) is 35.5 Å². The molecule has 1 fully saturated rings. The van der Waals surface area contributed by atoms with Crippen LogP contribution in [0.1, 0.15) is 52.4 Å². The summed E-state index contributed by atoms with van der Waals surface area (Å²) in [5.41, 5.74) is 1.67. The first-order valence-corrected chi connectivity index (χ1v) is 12.9. The van der Waals surface area contributed by atoms with Crippen LogP contribution in [-0.2, 0) is 33.9 Å². The van der Waals surface area contributed by atoms with E-state index in [1.165, 1.54) is 11.3 Å². The Hall–Kier alpha value is -2.10. The highest BCUT2D eigenvalue weighted by atomic mass is 35.5. The third-order valence-corrected chi connectivity index (χ3v) is 8.03. The monoisotopic (exact) mass is 538 g/mol. The van der Waals surface area contributed by atoms with Gasteiger partial charge in [0.2, 0.25) is 12.2 Å². The maximum Gasteiger partial charge on any atom is 0.227 e. The summed E-state index contributed by atoms with van der Waals surface area (Å²) in [5, 5.41) is 3.89. The molecule has 2 aliphatic rings. The Morgan fingerprint density at radius 3 is 2.37 bits per heavy atom. The highest BCUT2D eigenvalue weighted by molar-refractivity contribution is 7.09. The van der Waals surface area contributed by atoms with Crippen LogP contribution in [-0.4, -0.2) is 28.9 Å². The smallest absolute Gasteiger partial charge is 0.227 e. The van der Waals surface area contributed by atoms with Crippen molar-refractivity contribution in [2.45, 2.75) is 44.7 Å². The maximum atomic E-state index is 14.1. The van der Waals surface area contributed by atoms with Crippen molar-refractivity contribution in [2.75, 3.05) is 13.1 Å². The van der Waals surface area contributed by atoms with Gasteiger partial charge in [0, 0.05) is 45.6 Å². The van der Waals surface area contributed by atoms with Crippen LogP contribution in [0.5, 0.6) is 0 Å². The lowest BCUT2D eigenvalue weighted by Gasteiger charge is -2.31. The summed E-state index contributed by atoms with van der Waals surface area (Å²) in [6.45, 7) is 1.07. The fourth-order valence-electron chi connectivity index (χ4n) is 4.41. The number of likely N-dealkylation sites (tertiary alicyclic amines) is 1. The molecule has 35 heavy (non-hydrogen) atoms. The van der Waals surface area contributed by atoms with Gasteiger partial charge in [-0.3, -0.25) is 4.79 Å². The molecule has 2 aromatic carbocycles. The number of halogens is 4. The molecule has 10 heteroatoms. The van der Waals surface area contributed by atoms with Crippen LogP contribution in [0, 0.1) is 11.6 Å². The SMILES string of the molecule is O=C(Cc1cc(Cl)ccc1Cl)N1CCC(c2nc(C3OCc4c(F)ccc(F)c4CO3)cs2)CC1. The Morgan fingerprint density at radius 1 is 1.06 bits per heavy atom. The van der Waals surface area contributed by atoms with Gasteiger partial charge in [-0.25, -0.2) is 13.8 Å². The number of aromatic nitrogens is 1. The van der Waals surface area contributed by atoms with Crippen molar-refractivity contribution in [1.29, 1.82) is 0 Å². The Bertz CT molecular complexity index is 1210. The van der Waals surface area contributed by atoms with Gasteiger partial charge in [-0.05, 0) is 48.7 Å². The van der Waals surface area contributed by atoms with Crippen LogP contribution in [0.15, 0.2) is 35.7 Å². The van der Waals surface area contributed by atoms with Crippen LogP contribution in [0.4, 0.5) is 8.78 Å². The van der Waals surface area contributed by atoms with Crippen LogP contribution in [0.2, 0.25) is 10.0 Å². The third-order valence-electron chi connectivity index (χ3n) is 6.40. The average molecular weight is 539 g/mol. The predicted octanol–water partition coefficient (Wildman–Crippen LogP) is 6.42. The lowest BCUT2D eigenvalue weighted by molar-refractivity contribution is -0.155. The number of ether oxygens (including phenoxy) is 2. The summed E-state index contributed by atoms with van der Waals surface area (Å²) in [7, 11) is 0. The first-order valence-electron chi connectivity index (χ1n) is 11.2. The second kappa shape index (κ2) is 10.5. The Morgan fingerprint density at radius 2 is 1.71 bits per heavy atom. The molecule has 0 radical (unpaired) electrons. The van der Waals surface area contributed by atoms with Gasteiger partial charge in [-0.15, -0.1) is 11.3 Å². The summed E-state index contributed by atoms with van der Waals surface area (Å²) in [4.78, 5) is 19.3. The molecular weight excluding hydrogens is 517 g/mol. The van der Waals surface area contributed by atoms with Crippen LogP contribution in [0.3, 0.4) is 0 Å². The van der Waals surface area contributed by atoms with Gasteiger partial charge in [-0.1, -0.05) is 23.2 Å². The average Bonchev–Trinajstić information content (AvgIpc) is 3.23. The number of piperidine rings is 1. The molecule has 5 nitrogen and oxygen atoms in total. The van der Waals surface area contributed by atoms with E-state index in [4.69, 9.17) is 37.7 Å². The molecule has 0 bridgehead atoms. The second-order valence-corrected chi connectivity index (χ2v) is 10.4. The predicted molar refractivity (Wildman–Crippen MR) is 130 cm³/mol. The number of fused-ring (bicyclic) bond motifs is 1. The van der Waals surface area contributed by atoms with E-state index in [1.54, 1.807) is 18.2 Å². The van der Waals surface area contributed by atoms with E-state index in [9.17, 15) is 13.6 Å². The first-order chi connectivity index (χ1) is 16.9. The highest BCUT2D eigenvalue weighted by Gasteiger charge is 2.29. The highest BCUT2D eigenvalue weighted by Crippen LogP contribution is 2.35. The number of carbonyl (C=O) groups excluding carboxylic acids is 1. The number of carbonyl (C=O) groups is 1. The Labute approximate surface area is 215 Å². The van der Waals surface area contributed by atoms with Crippen molar-refractivity contribution in [3.8, 4) is 0 Å². The molecule has 3 aromatic rings. The molecule has 1 aromatic heterocycles. The Balaban J connectivity index is 1.18. The normalized spacial score (nSPS) is 17.3. The number of hydrogen-bond acceptors (Lipinski definition) is 5.